The normalized spacial score (nSPS) is 35.4. The number of hydrogen-bond donors (Lipinski definition) is 1. The third-order valence-electron chi connectivity index (χ3n) is 11.7. The molecule has 2 aliphatic carbocycles. The summed E-state index contributed by atoms with van der Waals surface area (Å²) < 4.78 is 28.5. The van der Waals surface area contributed by atoms with E-state index in [1.54, 1.807) is 20.2 Å². The molecule has 46 heavy (non-hydrogen) atoms. The molecule has 2 bridgehead atoms. The quantitative estimate of drug-likeness (QED) is 0.306. The van der Waals surface area contributed by atoms with Crippen LogP contribution in [0.2, 0.25) is 5.02 Å². The summed E-state index contributed by atoms with van der Waals surface area (Å²) in [6.45, 7) is 6.04. The van der Waals surface area contributed by atoms with Crippen molar-refractivity contribution < 1.29 is 23.6 Å². The van der Waals surface area contributed by atoms with E-state index in [9.17, 15) is 14.1 Å². The topological polar surface area (TPSA) is 79.3 Å². The van der Waals surface area contributed by atoms with Gasteiger partial charge in [-0.1, -0.05) is 36.7 Å². The zero-order valence-corrected chi connectivity index (χ0v) is 29.2. The lowest BCUT2D eigenvalue weighted by Crippen LogP contribution is -2.53. The van der Waals surface area contributed by atoms with E-state index in [2.05, 4.69) is 42.0 Å². The van der Waals surface area contributed by atoms with Crippen LogP contribution in [0.4, 0.5) is 5.69 Å². The van der Waals surface area contributed by atoms with E-state index < -0.39 is 15.3 Å². The highest BCUT2D eigenvalue weighted by Crippen LogP contribution is 2.50. The number of aliphatic hydroxyl groups excluding tert-OH is 1. The number of hydrogen-bond acceptors (Lipinski definition) is 6. The molecule has 4 aliphatic rings. The zero-order valence-electron chi connectivity index (χ0n) is 27.7. The van der Waals surface area contributed by atoms with Crippen LogP contribution in [0.5, 0.6) is 5.75 Å². The van der Waals surface area contributed by atoms with Crippen molar-refractivity contribution in [3.05, 3.63) is 70.3 Å². The lowest BCUT2D eigenvalue weighted by molar-refractivity contribution is -0.0864. The third kappa shape index (κ3) is 5.78. The highest BCUT2D eigenvalue weighted by molar-refractivity contribution is 7.99. The summed E-state index contributed by atoms with van der Waals surface area (Å²) in [6.07, 6.45) is 10.5. The molecule has 9 heteroatoms. The molecule has 1 spiro atoms. The Hall–Kier alpha value is -2.52. The lowest BCUT2D eigenvalue weighted by Gasteiger charge is -2.50. The second-order valence-electron chi connectivity index (χ2n) is 14.2. The van der Waals surface area contributed by atoms with Crippen molar-refractivity contribution in [2.24, 2.45) is 17.8 Å². The van der Waals surface area contributed by atoms with E-state index in [1.807, 2.05) is 25.1 Å². The summed E-state index contributed by atoms with van der Waals surface area (Å²) in [4.78, 5) is 16.4. The van der Waals surface area contributed by atoms with Crippen LogP contribution < -0.4 is 9.64 Å². The Balaban J connectivity index is 1.48. The highest BCUT2D eigenvalue weighted by Gasteiger charge is 2.49. The first-order valence-electron chi connectivity index (χ1n) is 16.7. The predicted molar refractivity (Wildman–Crippen MR) is 188 cm³/mol. The predicted octanol–water partition coefficient (Wildman–Crippen LogP) is 6.29. The molecule has 2 unspecified atom stereocenters. The Kier molecular flexibility index (Phi) is 9.31. The molecule has 2 aromatic carbocycles. The van der Waals surface area contributed by atoms with Gasteiger partial charge in [-0.15, -0.1) is 0 Å². The van der Waals surface area contributed by atoms with Crippen LogP contribution in [0.25, 0.3) is 0 Å². The minimum Gasteiger partial charge on any atom is -0.490 e. The molecule has 2 heterocycles. The molecule has 1 fully saturated rings. The largest absolute Gasteiger partial charge is 0.490 e. The van der Waals surface area contributed by atoms with Crippen molar-refractivity contribution in [1.82, 2.24) is 4.31 Å². The number of carbonyl (C=O) groups is 1. The maximum atomic E-state index is 14.2. The fourth-order valence-electron chi connectivity index (χ4n) is 8.46. The fraction of sp³-hybridized carbons (Fsp3) is 0.568. The lowest BCUT2D eigenvalue weighted by atomic mass is 9.63. The van der Waals surface area contributed by atoms with Gasteiger partial charge in [0.25, 0.3) is 5.91 Å². The maximum Gasteiger partial charge on any atom is 0.264 e. The Bertz CT molecular complexity index is 1610. The molecule has 2 aromatic rings. The number of halogens is 1. The Morgan fingerprint density at radius 3 is 2.72 bits per heavy atom. The second kappa shape index (κ2) is 12.8. The van der Waals surface area contributed by atoms with Crippen LogP contribution in [0.15, 0.2) is 48.6 Å². The van der Waals surface area contributed by atoms with Crippen LogP contribution >= 0.6 is 11.6 Å². The zero-order chi connectivity index (χ0) is 32.9. The molecule has 0 radical (unpaired) electrons. The first-order chi connectivity index (χ1) is 21.9. The van der Waals surface area contributed by atoms with Gasteiger partial charge in [-0.2, -0.15) is 0 Å². The summed E-state index contributed by atoms with van der Waals surface area (Å²) in [6, 6.07) is 11.9. The van der Waals surface area contributed by atoms with E-state index in [1.165, 1.54) is 15.4 Å². The standard InChI is InChI=1S/C37H49ClN2O5S/c1-25-8-6-17-37(44-4,18-19-41)32-13-10-29(32)22-40-23-36(16-7-9-27-20-30(38)12-14-31(27)36)24-45-34-15-11-28(21-33(34)40)35(42)39(3)46(5,43)26(25)2/h6,11-12,14-15,17,20-21,25-26,29,32,41H,5,7-10,13,16,18-19,22-24H2,1-4H3/b17-6+/t25-,26?,29-,32+,36-,37-,46?/m0/s1. The average molecular weight is 669 g/mol. The van der Waals surface area contributed by atoms with Crippen molar-refractivity contribution in [3.8, 4) is 5.75 Å². The van der Waals surface area contributed by atoms with E-state index in [4.69, 9.17) is 21.1 Å². The number of nitrogens with zero attached hydrogens (tertiary/aromatic N) is 2. The monoisotopic (exact) mass is 668 g/mol. The average Bonchev–Trinajstić information content (AvgIpc) is 3.18. The molecule has 1 N–H and O–H groups in total. The smallest absolute Gasteiger partial charge is 0.264 e. The Morgan fingerprint density at radius 2 is 2.00 bits per heavy atom. The van der Waals surface area contributed by atoms with Crippen molar-refractivity contribution in [1.29, 1.82) is 0 Å². The molecule has 6 rings (SSSR count). The van der Waals surface area contributed by atoms with Crippen LogP contribution in [0.1, 0.15) is 73.9 Å². The highest BCUT2D eigenvalue weighted by atomic mass is 35.5. The number of amides is 1. The van der Waals surface area contributed by atoms with E-state index >= 15 is 0 Å². The van der Waals surface area contributed by atoms with Crippen LogP contribution in [0.3, 0.4) is 0 Å². The number of aliphatic hydroxyl groups is 1. The van der Waals surface area contributed by atoms with Crippen molar-refractivity contribution in [2.75, 3.05) is 45.4 Å². The number of fused-ring (bicyclic) bond motifs is 4. The van der Waals surface area contributed by atoms with Gasteiger partial charge in [-0.25, -0.2) is 4.21 Å². The number of allylic oxidation sites excluding steroid dienone is 1. The van der Waals surface area contributed by atoms with E-state index in [0.29, 0.717) is 30.9 Å². The minimum atomic E-state index is -2.95. The number of aryl methyl sites for hydroxylation is 1. The van der Waals surface area contributed by atoms with E-state index in [-0.39, 0.29) is 35.0 Å². The Labute approximate surface area is 280 Å². The second-order valence-corrected chi connectivity index (χ2v) is 17.3. The maximum absolute atomic E-state index is 14.2. The summed E-state index contributed by atoms with van der Waals surface area (Å²) in [7, 11) is 0.414. The van der Waals surface area contributed by atoms with Crippen molar-refractivity contribution in [2.45, 2.75) is 75.1 Å². The molecule has 250 valence electrons. The summed E-state index contributed by atoms with van der Waals surface area (Å²) in [5.74, 6) is 5.09. The van der Waals surface area contributed by atoms with Gasteiger partial charge >= 0.3 is 0 Å². The first-order valence-corrected chi connectivity index (χ1v) is 18.9. The molecule has 0 aromatic heterocycles. The van der Waals surface area contributed by atoms with Gasteiger partial charge < -0.3 is 19.5 Å². The molecule has 1 amide bonds. The van der Waals surface area contributed by atoms with E-state index in [0.717, 1.165) is 61.7 Å². The summed E-state index contributed by atoms with van der Waals surface area (Å²) in [5, 5.41) is 10.6. The van der Waals surface area contributed by atoms with Crippen LogP contribution in [0, 0.1) is 17.8 Å². The van der Waals surface area contributed by atoms with Gasteiger partial charge in [-0.3, -0.25) is 9.10 Å². The molecule has 7 atom stereocenters. The van der Waals surface area contributed by atoms with Crippen LogP contribution in [-0.4, -0.2) is 76.7 Å². The molecule has 2 aliphatic heterocycles. The van der Waals surface area contributed by atoms with Crippen molar-refractivity contribution >= 4 is 38.8 Å². The summed E-state index contributed by atoms with van der Waals surface area (Å²) in [5.41, 5.74) is 3.08. The van der Waals surface area contributed by atoms with Gasteiger partial charge in [0.05, 0.1) is 27.6 Å². The van der Waals surface area contributed by atoms with Gasteiger partial charge in [0.1, 0.15) is 5.75 Å². The van der Waals surface area contributed by atoms with Crippen LogP contribution in [-0.2, 0) is 26.3 Å². The number of ether oxygens (including phenoxy) is 2. The summed E-state index contributed by atoms with van der Waals surface area (Å²) >= 11 is 6.46. The van der Waals surface area contributed by atoms with Gasteiger partial charge in [-0.05, 0) is 111 Å². The number of benzene rings is 2. The van der Waals surface area contributed by atoms with Gasteiger partial charge in [0.15, 0.2) is 0 Å². The molecular weight excluding hydrogens is 620 g/mol. The number of carbonyl (C=O) groups excluding carboxylic acids is 1. The fourth-order valence-corrected chi connectivity index (χ4v) is 10.4. The van der Waals surface area contributed by atoms with Gasteiger partial charge in [0.2, 0.25) is 0 Å². The Morgan fingerprint density at radius 1 is 1.20 bits per heavy atom. The number of anilines is 1. The molecule has 1 saturated carbocycles. The van der Waals surface area contributed by atoms with Crippen molar-refractivity contribution in [3.63, 3.8) is 0 Å². The SMILES string of the molecule is C=S1(=O)C(C)[C@@H](C)C/C=C/[C@@](CCO)(OC)[C@@H]2CC[C@H]2CN2C[C@@]3(CCCc4cc(Cl)ccc43)COc3ccc(cc32)C(=O)N1C. The van der Waals surface area contributed by atoms with Gasteiger partial charge in [0, 0.05) is 61.5 Å². The number of rotatable bonds is 3. The molecular formula is C37H49ClN2O5S. The number of methoxy groups -OCH3 is 1. The minimum absolute atomic E-state index is 0.00524. The first kappa shape index (κ1) is 33.4. The molecule has 7 nitrogen and oxygen atoms in total. The molecule has 0 saturated heterocycles. The third-order valence-corrected chi connectivity index (χ3v) is 14.7.